The van der Waals surface area contributed by atoms with E-state index >= 15 is 0 Å². The lowest BCUT2D eigenvalue weighted by Crippen LogP contribution is -2.36. The molecule has 3 heteroatoms. The Morgan fingerprint density at radius 2 is 2.25 bits per heavy atom. The van der Waals surface area contributed by atoms with E-state index < -0.39 is 5.79 Å². The highest BCUT2D eigenvalue weighted by atomic mass is 19.1. The molecule has 1 heterocycles. The summed E-state index contributed by atoms with van der Waals surface area (Å²) in [6.45, 7) is 4.96. The molecule has 1 saturated heterocycles. The Labute approximate surface area is 96.6 Å². The molecule has 0 bridgehead atoms. The Morgan fingerprint density at radius 1 is 1.50 bits per heavy atom. The molecule has 2 atom stereocenters. The van der Waals surface area contributed by atoms with E-state index in [1.54, 1.807) is 13.1 Å². The Kier molecular flexibility index (Phi) is 2.93. The monoisotopic (exact) mass is 225 g/mol. The molecule has 2 unspecified atom stereocenters. The van der Waals surface area contributed by atoms with Crippen molar-refractivity contribution in [3.63, 3.8) is 0 Å². The van der Waals surface area contributed by atoms with E-state index in [0.29, 0.717) is 12.3 Å². The zero-order chi connectivity index (χ0) is 11.8. The van der Waals surface area contributed by atoms with Gasteiger partial charge in [0.25, 0.3) is 0 Å². The van der Waals surface area contributed by atoms with E-state index in [1.807, 2.05) is 12.2 Å². The maximum Gasteiger partial charge on any atom is 0.183 e. The van der Waals surface area contributed by atoms with Crippen LogP contribution < -0.4 is 5.32 Å². The predicted octanol–water partition coefficient (Wildman–Crippen LogP) is 2.57. The molecule has 0 spiro atoms. The van der Waals surface area contributed by atoms with Gasteiger partial charge in [-0.2, -0.15) is 0 Å². The third-order valence-corrected chi connectivity index (χ3v) is 3.48. The lowest BCUT2D eigenvalue weighted by atomic mass is 9.87. The summed E-state index contributed by atoms with van der Waals surface area (Å²) in [6, 6.07) is 0. The topological polar surface area (TPSA) is 21.3 Å². The number of alkyl halides is 1. The number of halogens is 1. The largest absolute Gasteiger partial charge is 0.375 e. The summed E-state index contributed by atoms with van der Waals surface area (Å²) >= 11 is 0. The van der Waals surface area contributed by atoms with E-state index in [1.165, 1.54) is 5.57 Å². The highest BCUT2D eigenvalue weighted by molar-refractivity contribution is 5.30. The summed E-state index contributed by atoms with van der Waals surface area (Å²) in [6.07, 6.45) is 6.93. The lowest BCUT2D eigenvalue weighted by Gasteiger charge is -2.25. The van der Waals surface area contributed by atoms with Crippen molar-refractivity contribution >= 4 is 0 Å². The van der Waals surface area contributed by atoms with E-state index in [0.717, 1.165) is 13.0 Å². The molecule has 1 fully saturated rings. The first-order chi connectivity index (χ1) is 7.44. The zero-order valence-electron chi connectivity index (χ0n) is 10.2. The molecule has 1 N–H and O–H groups in total. The first-order valence-corrected chi connectivity index (χ1v) is 5.85. The van der Waals surface area contributed by atoms with Crippen LogP contribution in [0.3, 0.4) is 0 Å². The molecule has 0 amide bonds. The van der Waals surface area contributed by atoms with Crippen LogP contribution in [0.25, 0.3) is 0 Å². The Bertz CT molecular complexity index is 335. The molecule has 0 aromatic carbocycles. The van der Waals surface area contributed by atoms with Crippen molar-refractivity contribution in [3.05, 3.63) is 23.8 Å². The third-order valence-electron chi connectivity index (χ3n) is 3.48. The summed E-state index contributed by atoms with van der Waals surface area (Å²) in [5, 5.41) is 2.68. The van der Waals surface area contributed by atoms with Gasteiger partial charge in [0.1, 0.15) is 0 Å². The quantitative estimate of drug-likeness (QED) is 0.729. The van der Waals surface area contributed by atoms with Gasteiger partial charge in [-0.3, -0.25) is 5.32 Å². The molecular weight excluding hydrogens is 205 g/mol. The van der Waals surface area contributed by atoms with Crippen LogP contribution in [0.4, 0.5) is 4.39 Å². The summed E-state index contributed by atoms with van der Waals surface area (Å²) in [4.78, 5) is 0. The van der Waals surface area contributed by atoms with Crippen molar-refractivity contribution in [1.29, 1.82) is 0 Å². The number of hydrogen-bond donors (Lipinski definition) is 1. The normalized spacial score (nSPS) is 37.5. The second kappa shape index (κ2) is 3.97. The van der Waals surface area contributed by atoms with Crippen LogP contribution in [0.5, 0.6) is 0 Å². The molecule has 0 saturated carbocycles. The minimum atomic E-state index is -1.36. The smallest absolute Gasteiger partial charge is 0.183 e. The molecular formula is C13H20FNO. The minimum Gasteiger partial charge on any atom is -0.375 e. The standard InChI is InChI=1S/C13H20FNO/c1-12(2)8-11(9-16-12)10-4-6-13(14,15-3)7-5-10/h4-6,11,15H,7-9H2,1-3H3. The molecule has 2 nitrogen and oxygen atoms in total. The van der Waals surface area contributed by atoms with Gasteiger partial charge in [0, 0.05) is 12.3 Å². The first kappa shape index (κ1) is 11.8. The third kappa shape index (κ3) is 2.36. The van der Waals surface area contributed by atoms with Crippen molar-refractivity contribution in [2.45, 2.75) is 38.1 Å². The molecule has 0 aromatic rings. The van der Waals surface area contributed by atoms with Gasteiger partial charge in [-0.25, -0.2) is 4.39 Å². The van der Waals surface area contributed by atoms with Gasteiger partial charge < -0.3 is 4.74 Å². The van der Waals surface area contributed by atoms with E-state index in [9.17, 15) is 4.39 Å². The highest BCUT2D eigenvalue weighted by Gasteiger charge is 2.35. The molecule has 1 aliphatic carbocycles. The maximum atomic E-state index is 13.8. The SMILES string of the molecule is CNC1(F)C=CC(C2COC(C)(C)C2)=CC1. The number of allylic oxidation sites excluding steroid dienone is 1. The Morgan fingerprint density at radius 3 is 2.69 bits per heavy atom. The summed E-state index contributed by atoms with van der Waals surface area (Å²) in [5.41, 5.74) is 1.18. The second-order valence-corrected chi connectivity index (χ2v) is 5.33. The van der Waals surface area contributed by atoms with Crippen LogP contribution in [0.1, 0.15) is 26.7 Å². The van der Waals surface area contributed by atoms with Gasteiger partial charge in [-0.05, 0) is 39.0 Å². The van der Waals surface area contributed by atoms with Crippen molar-refractivity contribution in [2.24, 2.45) is 5.92 Å². The van der Waals surface area contributed by atoms with Crippen LogP contribution >= 0.6 is 0 Å². The zero-order valence-corrected chi connectivity index (χ0v) is 10.2. The van der Waals surface area contributed by atoms with Crippen LogP contribution in [0.15, 0.2) is 23.8 Å². The number of ether oxygens (including phenoxy) is 1. The summed E-state index contributed by atoms with van der Waals surface area (Å²) in [5.74, 6) is -0.939. The van der Waals surface area contributed by atoms with Crippen LogP contribution in [-0.2, 0) is 4.74 Å². The molecule has 2 aliphatic rings. The van der Waals surface area contributed by atoms with E-state index in [2.05, 4.69) is 19.2 Å². The van der Waals surface area contributed by atoms with Crippen LogP contribution in [0.2, 0.25) is 0 Å². The fourth-order valence-corrected chi connectivity index (χ4v) is 2.37. The van der Waals surface area contributed by atoms with Gasteiger partial charge in [-0.1, -0.05) is 12.2 Å². The Hall–Kier alpha value is -0.670. The van der Waals surface area contributed by atoms with Crippen molar-refractivity contribution in [1.82, 2.24) is 5.32 Å². The van der Waals surface area contributed by atoms with Crippen molar-refractivity contribution in [3.8, 4) is 0 Å². The molecule has 1 aliphatic heterocycles. The van der Waals surface area contributed by atoms with Gasteiger partial charge in [0.15, 0.2) is 5.79 Å². The second-order valence-electron chi connectivity index (χ2n) is 5.33. The van der Waals surface area contributed by atoms with Gasteiger partial charge in [0.2, 0.25) is 0 Å². The van der Waals surface area contributed by atoms with Crippen LogP contribution in [0, 0.1) is 5.92 Å². The van der Waals surface area contributed by atoms with Crippen molar-refractivity contribution in [2.75, 3.05) is 13.7 Å². The number of nitrogens with one attached hydrogen (secondary N) is 1. The number of hydrogen-bond acceptors (Lipinski definition) is 2. The fraction of sp³-hybridized carbons (Fsp3) is 0.692. The molecule has 16 heavy (non-hydrogen) atoms. The fourth-order valence-electron chi connectivity index (χ4n) is 2.37. The number of rotatable bonds is 2. The number of likely N-dealkylation sites (N-methyl/N-ethyl adjacent to an activating group) is 1. The molecule has 0 radical (unpaired) electrons. The summed E-state index contributed by atoms with van der Waals surface area (Å²) < 4.78 is 19.5. The average molecular weight is 225 g/mol. The highest BCUT2D eigenvalue weighted by Crippen LogP contribution is 2.36. The average Bonchev–Trinajstić information content (AvgIpc) is 2.60. The summed E-state index contributed by atoms with van der Waals surface area (Å²) in [7, 11) is 1.64. The maximum absolute atomic E-state index is 13.8. The molecule has 90 valence electrons. The first-order valence-electron chi connectivity index (χ1n) is 5.85. The van der Waals surface area contributed by atoms with E-state index in [-0.39, 0.29) is 5.60 Å². The van der Waals surface area contributed by atoms with Gasteiger partial charge >= 0.3 is 0 Å². The van der Waals surface area contributed by atoms with E-state index in [4.69, 9.17) is 4.74 Å². The van der Waals surface area contributed by atoms with Gasteiger partial charge in [-0.15, -0.1) is 0 Å². The minimum absolute atomic E-state index is 0.0351. The lowest BCUT2D eigenvalue weighted by molar-refractivity contribution is 0.0356. The van der Waals surface area contributed by atoms with Crippen LogP contribution in [-0.4, -0.2) is 25.0 Å². The van der Waals surface area contributed by atoms with Gasteiger partial charge in [0.05, 0.1) is 12.2 Å². The predicted molar refractivity (Wildman–Crippen MR) is 62.9 cm³/mol. The Balaban J connectivity index is 2.02. The molecule has 2 rings (SSSR count). The molecule has 0 aromatic heterocycles. The van der Waals surface area contributed by atoms with Crippen molar-refractivity contribution < 1.29 is 9.13 Å².